The number of thiophene rings is 1. The van der Waals surface area contributed by atoms with E-state index in [0.29, 0.717) is 15.7 Å². The summed E-state index contributed by atoms with van der Waals surface area (Å²) >= 11 is 2.74. The zero-order valence-corrected chi connectivity index (χ0v) is 15.1. The van der Waals surface area contributed by atoms with Crippen LogP contribution in [-0.4, -0.2) is 10.9 Å². The fourth-order valence-corrected chi connectivity index (χ4v) is 4.09. The highest BCUT2D eigenvalue weighted by Crippen LogP contribution is 2.30. The SMILES string of the molecule is O=C(Nc1nc(-c2ccc(F)cc2)cs1)c1sccc1-c1ccccc1. The maximum absolute atomic E-state index is 13.0. The Balaban J connectivity index is 1.55. The van der Waals surface area contributed by atoms with Gasteiger partial charge in [0.05, 0.1) is 5.69 Å². The number of halogens is 1. The highest BCUT2D eigenvalue weighted by molar-refractivity contribution is 7.15. The van der Waals surface area contributed by atoms with Gasteiger partial charge in [-0.2, -0.15) is 0 Å². The lowest BCUT2D eigenvalue weighted by atomic mass is 10.1. The van der Waals surface area contributed by atoms with E-state index in [-0.39, 0.29) is 11.7 Å². The summed E-state index contributed by atoms with van der Waals surface area (Å²) in [6.07, 6.45) is 0. The molecule has 128 valence electrons. The summed E-state index contributed by atoms with van der Waals surface area (Å²) in [5, 5.41) is 7.12. The first-order valence-corrected chi connectivity index (χ1v) is 9.62. The lowest BCUT2D eigenvalue weighted by Crippen LogP contribution is -2.11. The number of anilines is 1. The minimum absolute atomic E-state index is 0.182. The van der Waals surface area contributed by atoms with Crippen LogP contribution in [-0.2, 0) is 0 Å². The van der Waals surface area contributed by atoms with Gasteiger partial charge in [-0.1, -0.05) is 30.3 Å². The number of carbonyl (C=O) groups is 1. The molecule has 0 unspecified atom stereocenters. The van der Waals surface area contributed by atoms with Gasteiger partial charge in [-0.3, -0.25) is 10.1 Å². The molecule has 0 aliphatic carbocycles. The van der Waals surface area contributed by atoms with Crippen molar-refractivity contribution in [2.45, 2.75) is 0 Å². The molecule has 0 bridgehead atoms. The molecule has 4 aromatic rings. The molecule has 1 amide bonds. The molecule has 0 saturated heterocycles. The van der Waals surface area contributed by atoms with E-state index in [0.717, 1.165) is 16.7 Å². The largest absolute Gasteiger partial charge is 0.297 e. The third kappa shape index (κ3) is 3.42. The Morgan fingerprint density at radius 1 is 0.923 bits per heavy atom. The van der Waals surface area contributed by atoms with Crippen LogP contribution in [0.25, 0.3) is 22.4 Å². The van der Waals surface area contributed by atoms with Gasteiger partial charge in [-0.15, -0.1) is 22.7 Å². The summed E-state index contributed by atoms with van der Waals surface area (Å²) in [6.45, 7) is 0. The van der Waals surface area contributed by atoms with E-state index in [1.54, 1.807) is 12.1 Å². The zero-order valence-electron chi connectivity index (χ0n) is 13.5. The van der Waals surface area contributed by atoms with Gasteiger partial charge in [0.25, 0.3) is 5.91 Å². The molecule has 0 aliphatic heterocycles. The Labute approximate surface area is 157 Å². The summed E-state index contributed by atoms with van der Waals surface area (Å²) in [4.78, 5) is 17.8. The van der Waals surface area contributed by atoms with Gasteiger partial charge in [0, 0.05) is 16.5 Å². The van der Waals surface area contributed by atoms with Crippen molar-refractivity contribution in [2.75, 3.05) is 5.32 Å². The third-order valence-electron chi connectivity index (χ3n) is 3.82. The van der Waals surface area contributed by atoms with E-state index in [4.69, 9.17) is 0 Å². The summed E-state index contributed by atoms with van der Waals surface area (Å²) < 4.78 is 13.0. The number of hydrogen-bond acceptors (Lipinski definition) is 4. The molecule has 0 saturated carbocycles. The molecule has 2 aromatic heterocycles. The van der Waals surface area contributed by atoms with Gasteiger partial charge in [-0.25, -0.2) is 9.37 Å². The second-order valence-corrected chi connectivity index (χ2v) is 7.30. The van der Waals surface area contributed by atoms with Crippen LogP contribution in [0.1, 0.15) is 9.67 Å². The van der Waals surface area contributed by atoms with Gasteiger partial charge in [0.2, 0.25) is 0 Å². The van der Waals surface area contributed by atoms with Crippen molar-refractivity contribution in [3.63, 3.8) is 0 Å². The van der Waals surface area contributed by atoms with Crippen LogP contribution in [0.2, 0.25) is 0 Å². The molecule has 2 heterocycles. The van der Waals surface area contributed by atoms with Crippen molar-refractivity contribution in [3.05, 3.63) is 82.1 Å². The van der Waals surface area contributed by atoms with Crippen molar-refractivity contribution in [1.82, 2.24) is 4.98 Å². The van der Waals surface area contributed by atoms with Gasteiger partial charge >= 0.3 is 0 Å². The third-order valence-corrected chi connectivity index (χ3v) is 5.49. The molecule has 6 heteroatoms. The van der Waals surface area contributed by atoms with Crippen molar-refractivity contribution in [3.8, 4) is 22.4 Å². The van der Waals surface area contributed by atoms with E-state index >= 15 is 0 Å². The van der Waals surface area contributed by atoms with Crippen LogP contribution in [0.3, 0.4) is 0 Å². The van der Waals surface area contributed by atoms with Crippen LogP contribution in [0.15, 0.2) is 71.4 Å². The summed E-state index contributed by atoms with van der Waals surface area (Å²) in [5.74, 6) is -0.470. The molecule has 0 aliphatic rings. The second kappa shape index (κ2) is 7.19. The number of hydrogen-bond donors (Lipinski definition) is 1. The fraction of sp³-hybridized carbons (Fsp3) is 0. The van der Waals surface area contributed by atoms with E-state index in [1.165, 1.54) is 34.8 Å². The molecule has 3 nitrogen and oxygen atoms in total. The van der Waals surface area contributed by atoms with Gasteiger partial charge in [0.1, 0.15) is 10.7 Å². The Hall–Kier alpha value is -2.83. The lowest BCUT2D eigenvalue weighted by molar-refractivity contribution is 0.103. The van der Waals surface area contributed by atoms with Crippen LogP contribution < -0.4 is 5.32 Å². The second-order valence-electron chi connectivity index (χ2n) is 5.53. The molecule has 0 atom stereocenters. The van der Waals surface area contributed by atoms with Crippen molar-refractivity contribution in [2.24, 2.45) is 0 Å². The number of aromatic nitrogens is 1. The van der Waals surface area contributed by atoms with Crippen molar-refractivity contribution in [1.29, 1.82) is 0 Å². The van der Waals surface area contributed by atoms with Crippen LogP contribution in [0.4, 0.5) is 9.52 Å². The van der Waals surface area contributed by atoms with Crippen LogP contribution >= 0.6 is 22.7 Å². The highest BCUT2D eigenvalue weighted by atomic mass is 32.1. The summed E-state index contributed by atoms with van der Waals surface area (Å²) in [7, 11) is 0. The maximum Gasteiger partial charge on any atom is 0.268 e. The molecule has 0 fully saturated rings. The molecule has 2 aromatic carbocycles. The summed E-state index contributed by atoms with van der Waals surface area (Å²) in [6, 6.07) is 17.9. The number of amides is 1. The molecule has 26 heavy (non-hydrogen) atoms. The average molecular weight is 380 g/mol. The quantitative estimate of drug-likeness (QED) is 0.477. The highest BCUT2D eigenvalue weighted by Gasteiger charge is 2.16. The van der Waals surface area contributed by atoms with Gasteiger partial charge in [0.15, 0.2) is 5.13 Å². The number of rotatable bonds is 4. The van der Waals surface area contributed by atoms with E-state index < -0.39 is 0 Å². The number of carbonyl (C=O) groups excluding carboxylic acids is 1. The van der Waals surface area contributed by atoms with Gasteiger partial charge in [-0.05, 0) is 41.3 Å². The lowest BCUT2D eigenvalue weighted by Gasteiger charge is -2.04. The average Bonchev–Trinajstić information content (AvgIpc) is 3.32. The first-order chi connectivity index (χ1) is 12.7. The van der Waals surface area contributed by atoms with E-state index in [1.807, 2.05) is 47.2 Å². The first kappa shape index (κ1) is 16.6. The molecule has 4 rings (SSSR count). The standard InChI is InChI=1S/C20H13FN2OS2/c21-15-8-6-14(7-9-15)17-12-26-20(22-17)23-19(24)18-16(10-11-25-18)13-4-2-1-3-5-13/h1-12H,(H,22,23,24). The monoisotopic (exact) mass is 380 g/mol. The predicted octanol–water partition coefficient (Wildman–Crippen LogP) is 5.93. The topological polar surface area (TPSA) is 42.0 Å². The molecule has 1 N–H and O–H groups in total. The zero-order chi connectivity index (χ0) is 17.9. The number of benzene rings is 2. The predicted molar refractivity (Wildman–Crippen MR) is 105 cm³/mol. The fourth-order valence-electron chi connectivity index (χ4n) is 2.57. The number of nitrogens with zero attached hydrogens (tertiary/aromatic N) is 1. The first-order valence-electron chi connectivity index (χ1n) is 7.86. The van der Waals surface area contributed by atoms with Crippen LogP contribution in [0.5, 0.6) is 0 Å². The molecular formula is C20H13FN2OS2. The molecule has 0 spiro atoms. The Bertz CT molecular complexity index is 1040. The molecule has 0 radical (unpaired) electrons. The van der Waals surface area contributed by atoms with Crippen LogP contribution in [0, 0.1) is 5.82 Å². The Morgan fingerprint density at radius 3 is 2.46 bits per heavy atom. The minimum Gasteiger partial charge on any atom is -0.297 e. The molecular weight excluding hydrogens is 367 g/mol. The maximum atomic E-state index is 13.0. The van der Waals surface area contributed by atoms with Crippen molar-refractivity contribution >= 4 is 33.7 Å². The van der Waals surface area contributed by atoms with E-state index in [2.05, 4.69) is 10.3 Å². The minimum atomic E-state index is -0.288. The Morgan fingerprint density at radius 2 is 1.69 bits per heavy atom. The number of nitrogens with one attached hydrogen (secondary N) is 1. The Kier molecular flexibility index (Phi) is 4.60. The number of thiazole rings is 1. The normalized spacial score (nSPS) is 10.7. The van der Waals surface area contributed by atoms with Crippen molar-refractivity contribution < 1.29 is 9.18 Å². The summed E-state index contributed by atoms with van der Waals surface area (Å²) in [5.41, 5.74) is 3.43. The van der Waals surface area contributed by atoms with Gasteiger partial charge < -0.3 is 0 Å². The van der Waals surface area contributed by atoms with E-state index in [9.17, 15) is 9.18 Å². The smallest absolute Gasteiger partial charge is 0.268 e.